The number of nitrogens with one attached hydrogen (secondary N) is 1. The summed E-state index contributed by atoms with van der Waals surface area (Å²) in [6.07, 6.45) is 1.94. The van der Waals surface area contributed by atoms with Crippen molar-refractivity contribution in [3.63, 3.8) is 0 Å². The van der Waals surface area contributed by atoms with Crippen molar-refractivity contribution in [1.29, 1.82) is 0 Å². The Bertz CT molecular complexity index is 599. The summed E-state index contributed by atoms with van der Waals surface area (Å²) in [5.74, 6) is 0.480. The van der Waals surface area contributed by atoms with Crippen molar-refractivity contribution < 1.29 is 9.53 Å². The highest BCUT2D eigenvalue weighted by molar-refractivity contribution is 5.91. The van der Waals surface area contributed by atoms with Crippen LogP contribution in [0.3, 0.4) is 0 Å². The van der Waals surface area contributed by atoms with Crippen molar-refractivity contribution in [2.45, 2.75) is 13.3 Å². The van der Waals surface area contributed by atoms with Crippen molar-refractivity contribution >= 4 is 17.3 Å². The van der Waals surface area contributed by atoms with E-state index < -0.39 is 0 Å². The van der Waals surface area contributed by atoms with E-state index in [9.17, 15) is 4.79 Å². The fourth-order valence-electron chi connectivity index (χ4n) is 1.69. The van der Waals surface area contributed by atoms with Gasteiger partial charge in [0.25, 0.3) is 0 Å². The lowest BCUT2D eigenvalue weighted by molar-refractivity contribution is -0.116. The normalized spacial score (nSPS) is 10.1. The Labute approximate surface area is 117 Å². The molecule has 5 nitrogen and oxygen atoms in total. The third kappa shape index (κ3) is 3.71. The number of carbonyl (C=O) groups is 1. The van der Waals surface area contributed by atoms with E-state index in [1.807, 2.05) is 25.1 Å². The van der Waals surface area contributed by atoms with Crippen LogP contribution < -0.4 is 15.8 Å². The molecule has 2 rings (SSSR count). The predicted octanol–water partition coefficient (Wildman–Crippen LogP) is 2.38. The molecule has 0 atom stereocenters. The number of benzene rings is 1. The lowest BCUT2D eigenvalue weighted by Crippen LogP contribution is -2.16. The summed E-state index contributed by atoms with van der Waals surface area (Å²) in [5, 5.41) is 2.80. The summed E-state index contributed by atoms with van der Waals surface area (Å²) in [6.45, 7) is 2.12. The molecular formula is C15H17N3O2. The van der Waals surface area contributed by atoms with Crippen molar-refractivity contribution in [2.24, 2.45) is 0 Å². The lowest BCUT2D eigenvalue weighted by Gasteiger charge is -2.09. The zero-order valence-corrected chi connectivity index (χ0v) is 11.3. The Kier molecular flexibility index (Phi) is 4.55. The summed E-state index contributed by atoms with van der Waals surface area (Å²) in [5.41, 5.74) is 7.82. The molecule has 1 aromatic carbocycles. The molecule has 5 heteroatoms. The molecule has 0 fully saturated rings. The van der Waals surface area contributed by atoms with Crippen LogP contribution in [0.1, 0.15) is 12.1 Å². The van der Waals surface area contributed by atoms with Gasteiger partial charge in [-0.2, -0.15) is 0 Å². The van der Waals surface area contributed by atoms with Crippen molar-refractivity contribution in [3.05, 3.63) is 48.3 Å². The highest BCUT2D eigenvalue weighted by Gasteiger charge is 2.06. The molecule has 3 N–H and O–H groups in total. The summed E-state index contributed by atoms with van der Waals surface area (Å²) in [7, 11) is 0. The molecule has 1 heterocycles. The second kappa shape index (κ2) is 6.56. The standard InChI is InChI=1S/C15H17N3O2/c1-11-13(6-4-9-17-11)18-15(19)8-10-20-14-7-3-2-5-12(14)16/h2-7,9H,8,10,16H2,1H3,(H,18,19). The number of amides is 1. The second-order valence-corrected chi connectivity index (χ2v) is 4.32. The number of nitrogens with two attached hydrogens (primary N) is 1. The summed E-state index contributed by atoms with van der Waals surface area (Å²) in [6, 6.07) is 10.8. The number of hydrogen-bond donors (Lipinski definition) is 2. The van der Waals surface area contributed by atoms with E-state index in [0.717, 1.165) is 11.4 Å². The van der Waals surface area contributed by atoms with Gasteiger partial charge in [0.05, 0.1) is 30.1 Å². The van der Waals surface area contributed by atoms with Gasteiger partial charge in [-0.25, -0.2) is 0 Å². The Morgan fingerprint density at radius 1 is 1.30 bits per heavy atom. The first-order valence-corrected chi connectivity index (χ1v) is 6.35. The van der Waals surface area contributed by atoms with Crippen LogP contribution in [0.15, 0.2) is 42.6 Å². The largest absolute Gasteiger partial charge is 0.491 e. The Morgan fingerprint density at radius 2 is 2.10 bits per heavy atom. The molecule has 0 spiro atoms. The van der Waals surface area contributed by atoms with Gasteiger partial charge < -0.3 is 15.8 Å². The average molecular weight is 271 g/mol. The summed E-state index contributed by atoms with van der Waals surface area (Å²) < 4.78 is 5.47. The first-order valence-electron chi connectivity index (χ1n) is 6.35. The molecule has 0 saturated carbocycles. The van der Waals surface area contributed by atoms with Gasteiger partial charge >= 0.3 is 0 Å². The molecular weight excluding hydrogens is 254 g/mol. The van der Waals surface area contributed by atoms with E-state index >= 15 is 0 Å². The molecule has 0 aliphatic heterocycles. The van der Waals surface area contributed by atoms with Crippen LogP contribution in [0.4, 0.5) is 11.4 Å². The second-order valence-electron chi connectivity index (χ2n) is 4.32. The number of para-hydroxylation sites is 2. The van der Waals surface area contributed by atoms with Gasteiger partial charge in [0.15, 0.2) is 0 Å². The van der Waals surface area contributed by atoms with E-state index in [0.29, 0.717) is 11.4 Å². The van der Waals surface area contributed by atoms with Crippen LogP contribution in [0.25, 0.3) is 0 Å². The number of aryl methyl sites for hydroxylation is 1. The quantitative estimate of drug-likeness (QED) is 0.818. The number of aromatic nitrogens is 1. The van der Waals surface area contributed by atoms with E-state index in [-0.39, 0.29) is 18.9 Å². The van der Waals surface area contributed by atoms with E-state index in [4.69, 9.17) is 10.5 Å². The zero-order valence-electron chi connectivity index (χ0n) is 11.3. The van der Waals surface area contributed by atoms with Gasteiger partial charge in [0.1, 0.15) is 5.75 Å². The molecule has 20 heavy (non-hydrogen) atoms. The van der Waals surface area contributed by atoms with Crippen molar-refractivity contribution in [3.8, 4) is 5.75 Å². The Hall–Kier alpha value is -2.56. The first kappa shape index (κ1) is 13.9. The van der Waals surface area contributed by atoms with Gasteiger partial charge in [0, 0.05) is 6.20 Å². The molecule has 0 unspecified atom stereocenters. The maximum absolute atomic E-state index is 11.8. The molecule has 2 aromatic rings. The zero-order chi connectivity index (χ0) is 14.4. The SMILES string of the molecule is Cc1ncccc1NC(=O)CCOc1ccccc1N. The molecule has 0 bridgehead atoms. The molecule has 0 aliphatic carbocycles. The molecule has 1 amide bonds. The number of nitrogens with zero attached hydrogens (tertiary/aromatic N) is 1. The van der Waals surface area contributed by atoms with E-state index in [2.05, 4.69) is 10.3 Å². The fourth-order valence-corrected chi connectivity index (χ4v) is 1.69. The van der Waals surface area contributed by atoms with Crippen LogP contribution in [0, 0.1) is 6.92 Å². The van der Waals surface area contributed by atoms with Gasteiger partial charge in [-0.3, -0.25) is 9.78 Å². The number of ether oxygens (including phenoxy) is 1. The number of nitrogen functional groups attached to an aromatic ring is 1. The summed E-state index contributed by atoms with van der Waals surface area (Å²) >= 11 is 0. The monoisotopic (exact) mass is 271 g/mol. The average Bonchev–Trinajstić information content (AvgIpc) is 2.43. The Balaban J connectivity index is 1.82. The summed E-state index contributed by atoms with van der Waals surface area (Å²) in [4.78, 5) is 15.9. The maximum atomic E-state index is 11.8. The van der Waals surface area contributed by atoms with E-state index in [1.54, 1.807) is 24.4 Å². The van der Waals surface area contributed by atoms with Crippen LogP contribution in [0.2, 0.25) is 0 Å². The topological polar surface area (TPSA) is 77.2 Å². The van der Waals surface area contributed by atoms with E-state index in [1.165, 1.54) is 0 Å². The minimum atomic E-state index is -0.115. The van der Waals surface area contributed by atoms with Gasteiger partial charge in [0.2, 0.25) is 5.91 Å². The minimum absolute atomic E-state index is 0.115. The molecule has 0 aliphatic rings. The smallest absolute Gasteiger partial charge is 0.227 e. The number of hydrogen-bond acceptors (Lipinski definition) is 4. The van der Waals surface area contributed by atoms with Gasteiger partial charge in [-0.05, 0) is 31.2 Å². The number of anilines is 2. The third-order valence-corrected chi connectivity index (χ3v) is 2.79. The molecule has 0 saturated heterocycles. The van der Waals surface area contributed by atoms with Gasteiger partial charge in [-0.15, -0.1) is 0 Å². The highest BCUT2D eigenvalue weighted by atomic mass is 16.5. The lowest BCUT2D eigenvalue weighted by atomic mass is 10.3. The van der Waals surface area contributed by atoms with Crippen molar-refractivity contribution in [2.75, 3.05) is 17.7 Å². The molecule has 104 valence electrons. The van der Waals surface area contributed by atoms with Crippen molar-refractivity contribution in [1.82, 2.24) is 4.98 Å². The number of rotatable bonds is 5. The first-order chi connectivity index (χ1) is 9.66. The van der Waals surface area contributed by atoms with Gasteiger partial charge in [-0.1, -0.05) is 12.1 Å². The fraction of sp³-hybridized carbons (Fsp3) is 0.200. The molecule has 0 radical (unpaired) electrons. The minimum Gasteiger partial charge on any atom is -0.491 e. The highest BCUT2D eigenvalue weighted by Crippen LogP contribution is 2.19. The van der Waals surface area contributed by atoms with Crippen LogP contribution >= 0.6 is 0 Å². The van der Waals surface area contributed by atoms with Crippen LogP contribution in [-0.2, 0) is 4.79 Å². The predicted molar refractivity (Wildman–Crippen MR) is 78.6 cm³/mol. The molecule has 1 aromatic heterocycles. The maximum Gasteiger partial charge on any atom is 0.227 e. The van der Waals surface area contributed by atoms with Crippen LogP contribution in [0.5, 0.6) is 5.75 Å². The third-order valence-electron chi connectivity index (χ3n) is 2.79. The Morgan fingerprint density at radius 3 is 2.85 bits per heavy atom. The number of pyridine rings is 1. The van der Waals surface area contributed by atoms with Crippen LogP contribution in [-0.4, -0.2) is 17.5 Å². The number of carbonyl (C=O) groups excluding carboxylic acids is 1.